The lowest BCUT2D eigenvalue weighted by Gasteiger charge is -2.36. The molecule has 2 heterocycles. The number of aliphatic hydroxyl groups excluding tert-OH is 1. The Balaban J connectivity index is 1.41. The zero-order valence-corrected chi connectivity index (χ0v) is 14.5. The zero-order chi connectivity index (χ0) is 16.8. The fraction of sp³-hybridized carbons (Fsp3) is 0.632. The van der Waals surface area contributed by atoms with Crippen molar-refractivity contribution in [3.63, 3.8) is 0 Å². The molecule has 132 valence electrons. The van der Waals surface area contributed by atoms with Gasteiger partial charge in [-0.2, -0.15) is 0 Å². The molecule has 5 heteroatoms. The molecule has 1 aromatic carbocycles. The lowest BCUT2D eigenvalue weighted by Crippen LogP contribution is -2.50. The van der Waals surface area contributed by atoms with Gasteiger partial charge in [-0.05, 0) is 30.4 Å². The number of nitrogens with zero attached hydrogens (tertiary/aromatic N) is 3. The number of benzene rings is 1. The number of hydrogen-bond donors (Lipinski definition) is 1. The Kier molecular flexibility index (Phi) is 6.24. The van der Waals surface area contributed by atoms with Crippen LogP contribution in [-0.4, -0.2) is 71.5 Å². The molecule has 3 rings (SSSR count). The molecule has 5 nitrogen and oxygen atoms in total. The molecule has 2 saturated heterocycles. The van der Waals surface area contributed by atoms with Gasteiger partial charge in [-0.3, -0.25) is 14.6 Å². The van der Waals surface area contributed by atoms with Crippen molar-refractivity contribution in [1.29, 1.82) is 0 Å². The van der Waals surface area contributed by atoms with Crippen LogP contribution in [0.2, 0.25) is 0 Å². The molecule has 1 amide bonds. The van der Waals surface area contributed by atoms with Gasteiger partial charge in [0.15, 0.2) is 0 Å². The summed E-state index contributed by atoms with van der Waals surface area (Å²) in [5.41, 5.74) is 2.24. The minimum absolute atomic E-state index is 0.101. The predicted octanol–water partition coefficient (Wildman–Crippen LogP) is 1.31. The third-order valence-corrected chi connectivity index (χ3v) is 5.14. The SMILES string of the molecule is O=C(CN1CCN(Cc2ccc(CO)cc2)CC1)N1CCCCC1. The molecule has 0 saturated carbocycles. The number of aliphatic hydroxyl groups is 1. The summed E-state index contributed by atoms with van der Waals surface area (Å²) in [5, 5.41) is 9.10. The molecule has 0 aromatic heterocycles. The van der Waals surface area contributed by atoms with E-state index < -0.39 is 0 Å². The van der Waals surface area contributed by atoms with E-state index in [1.165, 1.54) is 12.0 Å². The van der Waals surface area contributed by atoms with Gasteiger partial charge in [0.2, 0.25) is 5.91 Å². The average Bonchev–Trinajstić information content (AvgIpc) is 2.65. The number of hydrogen-bond acceptors (Lipinski definition) is 4. The Bertz CT molecular complexity index is 518. The maximum atomic E-state index is 12.3. The summed E-state index contributed by atoms with van der Waals surface area (Å²) >= 11 is 0. The van der Waals surface area contributed by atoms with E-state index in [4.69, 9.17) is 5.11 Å². The molecule has 2 aliphatic rings. The van der Waals surface area contributed by atoms with E-state index in [-0.39, 0.29) is 6.61 Å². The van der Waals surface area contributed by atoms with Gasteiger partial charge in [0.25, 0.3) is 0 Å². The van der Waals surface area contributed by atoms with Crippen molar-refractivity contribution < 1.29 is 9.90 Å². The zero-order valence-electron chi connectivity index (χ0n) is 14.5. The third-order valence-electron chi connectivity index (χ3n) is 5.14. The van der Waals surface area contributed by atoms with Crippen LogP contribution in [0.15, 0.2) is 24.3 Å². The molecule has 0 aliphatic carbocycles. The van der Waals surface area contributed by atoms with Gasteiger partial charge in [-0.25, -0.2) is 0 Å². The van der Waals surface area contributed by atoms with Crippen LogP contribution in [-0.2, 0) is 17.9 Å². The topological polar surface area (TPSA) is 47.0 Å². The van der Waals surface area contributed by atoms with Crippen LogP contribution in [0.4, 0.5) is 0 Å². The Morgan fingerprint density at radius 1 is 0.833 bits per heavy atom. The second-order valence-electron chi connectivity index (χ2n) is 6.97. The highest BCUT2D eigenvalue weighted by Gasteiger charge is 2.22. The Morgan fingerprint density at radius 3 is 2.04 bits per heavy atom. The minimum Gasteiger partial charge on any atom is -0.392 e. The molecule has 24 heavy (non-hydrogen) atoms. The van der Waals surface area contributed by atoms with E-state index in [1.54, 1.807) is 0 Å². The summed E-state index contributed by atoms with van der Waals surface area (Å²) in [6, 6.07) is 8.17. The van der Waals surface area contributed by atoms with Crippen LogP contribution in [0.25, 0.3) is 0 Å². The molecule has 1 N–H and O–H groups in total. The average molecular weight is 331 g/mol. The second-order valence-corrected chi connectivity index (χ2v) is 6.97. The molecule has 0 bridgehead atoms. The van der Waals surface area contributed by atoms with Crippen molar-refractivity contribution in [3.8, 4) is 0 Å². The van der Waals surface area contributed by atoms with Crippen LogP contribution in [0.3, 0.4) is 0 Å². The molecule has 0 unspecified atom stereocenters. The van der Waals surface area contributed by atoms with Crippen LogP contribution < -0.4 is 0 Å². The monoisotopic (exact) mass is 331 g/mol. The van der Waals surface area contributed by atoms with Crippen LogP contribution in [0, 0.1) is 0 Å². The van der Waals surface area contributed by atoms with Gasteiger partial charge in [-0.1, -0.05) is 24.3 Å². The van der Waals surface area contributed by atoms with Crippen molar-refractivity contribution in [2.45, 2.75) is 32.4 Å². The molecular weight excluding hydrogens is 302 g/mol. The van der Waals surface area contributed by atoms with Gasteiger partial charge in [0.1, 0.15) is 0 Å². The number of likely N-dealkylation sites (tertiary alicyclic amines) is 1. The highest BCUT2D eigenvalue weighted by Crippen LogP contribution is 2.12. The minimum atomic E-state index is 0.101. The summed E-state index contributed by atoms with van der Waals surface area (Å²) in [6.45, 7) is 7.47. The largest absolute Gasteiger partial charge is 0.392 e. The number of piperidine rings is 1. The highest BCUT2D eigenvalue weighted by molar-refractivity contribution is 5.78. The van der Waals surface area contributed by atoms with Crippen LogP contribution >= 0.6 is 0 Å². The quantitative estimate of drug-likeness (QED) is 0.884. The van der Waals surface area contributed by atoms with E-state index in [0.29, 0.717) is 12.5 Å². The summed E-state index contributed by atoms with van der Waals surface area (Å²) in [5.74, 6) is 0.308. The molecule has 2 aliphatic heterocycles. The number of amides is 1. The van der Waals surface area contributed by atoms with E-state index in [9.17, 15) is 4.79 Å². The molecule has 0 spiro atoms. The van der Waals surface area contributed by atoms with Gasteiger partial charge >= 0.3 is 0 Å². The van der Waals surface area contributed by atoms with E-state index in [0.717, 1.165) is 64.2 Å². The molecule has 1 aromatic rings. The van der Waals surface area contributed by atoms with Gasteiger partial charge < -0.3 is 10.0 Å². The van der Waals surface area contributed by atoms with Crippen molar-refractivity contribution in [2.75, 3.05) is 45.8 Å². The molecular formula is C19H29N3O2. The van der Waals surface area contributed by atoms with E-state index in [2.05, 4.69) is 21.9 Å². The Morgan fingerprint density at radius 2 is 1.42 bits per heavy atom. The smallest absolute Gasteiger partial charge is 0.236 e. The Labute approximate surface area is 144 Å². The number of carbonyl (C=O) groups is 1. The van der Waals surface area contributed by atoms with Gasteiger partial charge in [0, 0.05) is 45.8 Å². The van der Waals surface area contributed by atoms with Gasteiger partial charge in [-0.15, -0.1) is 0 Å². The number of carbonyl (C=O) groups excluding carboxylic acids is 1. The lowest BCUT2D eigenvalue weighted by molar-refractivity contribution is -0.133. The fourth-order valence-electron chi connectivity index (χ4n) is 3.55. The first-order valence-corrected chi connectivity index (χ1v) is 9.16. The summed E-state index contributed by atoms with van der Waals surface area (Å²) in [7, 11) is 0. The van der Waals surface area contributed by atoms with Crippen molar-refractivity contribution in [2.24, 2.45) is 0 Å². The Hall–Kier alpha value is -1.43. The first kappa shape index (κ1) is 17.4. The van der Waals surface area contributed by atoms with Crippen molar-refractivity contribution in [3.05, 3.63) is 35.4 Å². The summed E-state index contributed by atoms with van der Waals surface area (Å²) in [4.78, 5) is 19.1. The predicted molar refractivity (Wildman–Crippen MR) is 94.5 cm³/mol. The van der Waals surface area contributed by atoms with Crippen LogP contribution in [0.1, 0.15) is 30.4 Å². The van der Waals surface area contributed by atoms with Crippen molar-refractivity contribution in [1.82, 2.24) is 14.7 Å². The van der Waals surface area contributed by atoms with E-state index in [1.807, 2.05) is 17.0 Å². The summed E-state index contributed by atoms with van der Waals surface area (Å²) in [6.07, 6.45) is 3.59. The second kappa shape index (κ2) is 8.60. The molecule has 2 fully saturated rings. The standard InChI is InChI=1S/C19H29N3O2/c23-16-18-6-4-17(5-7-18)14-20-10-12-21(13-11-20)15-19(24)22-8-2-1-3-9-22/h4-7,23H,1-3,8-16H2. The van der Waals surface area contributed by atoms with Crippen LogP contribution in [0.5, 0.6) is 0 Å². The third kappa shape index (κ3) is 4.79. The highest BCUT2D eigenvalue weighted by atomic mass is 16.3. The molecule has 0 atom stereocenters. The van der Waals surface area contributed by atoms with Crippen molar-refractivity contribution >= 4 is 5.91 Å². The summed E-state index contributed by atoms with van der Waals surface area (Å²) < 4.78 is 0. The lowest BCUT2D eigenvalue weighted by atomic mass is 10.1. The molecule has 0 radical (unpaired) electrons. The number of rotatable bonds is 5. The van der Waals surface area contributed by atoms with E-state index >= 15 is 0 Å². The maximum Gasteiger partial charge on any atom is 0.236 e. The first-order valence-electron chi connectivity index (χ1n) is 9.16. The normalized spacial score (nSPS) is 20.3. The fourth-order valence-corrected chi connectivity index (χ4v) is 3.55. The maximum absolute atomic E-state index is 12.3. The number of piperazine rings is 1. The van der Waals surface area contributed by atoms with Gasteiger partial charge in [0.05, 0.1) is 13.2 Å². The first-order chi connectivity index (χ1) is 11.7.